The van der Waals surface area contributed by atoms with Gasteiger partial charge in [-0.25, -0.2) is 0 Å². The summed E-state index contributed by atoms with van der Waals surface area (Å²) in [6.07, 6.45) is 0. The molecule has 0 unspecified atom stereocenters. The smallest absolute Gasteiger partial charge is 0.269 e. The molecule has 0 spiro atoms. The number of aliphatic hydroxyl groups is 1. The summed E-state index contributed by atoms with van der Waals surface area (Å²) in [5.41, 5.74) is 0.700. The summed E-state index contributed by atoms with van der Waals surface area (Å²) in [6, 6.07) is 7.88. The molecule has 1 aromatic heterocycles. The van der Waals surface area contributed by atoms with E-state index in [1.54, 1.807) is 12.1 Å². The number of hydrogen-bond donors (Lipinski definition) is 1. The van der Waals surface area contributed by atoms with Gasteiger partial charge < -0.3 is 9.52 Å². The van der Waals surface area contributed by atoms with Crippen LogP contribution in [-0.4, -0.2) is 22.0 Å². The molecule has 0 aliphatic rings. The van der Waals surface area contributed by atoms with Crippen LogP contribution in [-0.2, 0) is 19.7 Å². The topological polar surface area (TPSA) is 79.8 Å². The first-order chi connectivity index (χ1) is 9.99. The van der Waals surface area contributed by atoms with Crippen LogP contribution in [0.25, 0.3) is 0 Å². The van der Waals surface area contributed by atoms with Crippen LogP contribution >= 0.6 is 11.6 Å². The fourth-order valence-electron chi connectivity index (χ4n) is 2.00. The molecule has 0 bridgehead atoms. The summed E-state index contributed by atoms with van der Waals surface area (Å²) >= 11 is 6.07. The van der Waals surface area contributed by atoms with Crippen molar-refractivity contribution >= 4 is 17.3 Å². The van der Waals surface area contributed by atoms with Gasteiger partial charge in [0.15, 0.2) is 0 Å². The fourth-order valence-corrected chi connectivity index (χ4v) is 2.18. The van der Waals surface area contributed by atoms with Crippen LogP contribution in [0.15, 0.2) is 34.7 Å². The first-order valence-electron chi connectivity index (χ1n) is 6.29. The largest absolute Gasteiger partial charge is 0.462 e. The van der Waals surface area contributed by atoms with Gasteiger partial charge in [0.05, 0.1) is 11.5 Å². The Bertz CT molecular complexity index is 642. The maximum atomic E-state index is 10.8. The van der Waals surface area contributed by atoms with Crippen molar-refractivity contribution in [3.8, 4) is 0 Å². The Morgan fingerprint density at radius 2 is 2.00 bits per heavy atom. The lowest BCUT2D eigenvalue weighted by Gasteiger charge is -2.16. The van der Waals surface area contributed by atoms with Gasteiger partial charge in [-0.3, -0.25) is 15.0 Å². The maximum absolute atomic E-state index is 10.8. The Balaban J connectivity index is 2.06. The second kappa shape index (κ2) is 6.71. The fraction of sp³-hybridized carbons (Fsp3) is 0.286. The van der Waals surface area contributed by atoms with E-state index in [-0.39, 0.29) is 12.3 Å². The Hall–Kier alpha value is -1.89. The third-order valence-electron chi connectivity index (χ3n) is 2.98. The SMILES string of the molecule is CN(Cc1ccc(CO)o1)Cc1cc([N+](=O)[O-])ccc1Cl. The Kier molecular flexibility index (Phi) is 4.95. The van der Waals surface area contributed by atoms with Crippen LogP contribution in [0, 0.1) is 10.1 Å². The Morgan fingerprint density at radius 1 is 1.29 bits per heavy atom. The molecular weight excluding hydrogens is 296 g/mol. The van der Waals surface area contributed by atoms with Gasteiger partial charge in [0, 0.05) is 23.7 Å². The lowest BCUT2D eigenvalue weighted by molar-refractivity contribution is -0.384. The average molecular weight is 311 g/mol. The van der Waals surface area contributed by atoms with Gasteiger partial charge in [0.2, 0.25) is 0 Å². The second-order valence-corrected chi connectivity index (χ2v) is 5.14. The molecule has 0 aliphatic carbocycles. The number of benzene rings is 1. The Labute approximate surface area is 126 Å². The summed E-state index contributed by atoms with van der Waals surface area (Å²) < 4.78 is 5.40. The number of nitrogens with zero attached hydrogens (tertiary/aromatic N) is 2. The highest BCUT2D eigenvalue weighted by Gasteiger charge is 2.12. The molecule has 1 heterocycles. The van der Waals surface area contributed by atoms with Crippen LogP contribution in [0.2, 0.25) is 5.02 Å². The van der Waals surface area contributed by atoms with Crippen LogP contribution in [0.1, 0.15) is 17.1 Å². The predicted octanol–water partition coefficient (Wildman–Crippen LogP) is 2.97. The van der Waals surface area contributed by atoms with E-state index in [0.717, 1.165) is 0 Å². The number of nitro benzene ring substituents is 1. The van der Waals surface area contributed by atoms with E-state index in [9.17, 15) is 10.1 Å². The molecule has 0 saturated carbocycles. The van der Waals surface area contributed by atoms with Crippen LogP contribution in [0.5, 0.6) is 0 Å². The van der Waals surface area contributed by atoms with E-state index < -0.39 is 4.92 Å². The molecule has 2 rings (SSSR count). The molecule has 1 N–H and O–H groups in total. The molecule has 2 aromatic rings. The molecule has 0 amide bonds. The minimum atomic E-state index is -0.445. The predicted molar refractivity (Wildman–Crippen MR) is 77.9 cm³/mol. The highest BCUT2D eigenvalue weighted by Crippen LogP contribution is 2.23. The lowest BCUT2D eigenvalue weighted by Crippen LogP contribution is -2.17. The normalized spacial score (nSPS) is 11.0. The summed E-state index contributed by atoms with van der Waals surface area (Å²) in [6.45, 7) is 0.828. The molecule has 6 nitrogen and oxygen atoms in total. The molecule has 0 fully saturated rings. The quantitative estimate of drug-likeness (QED) is 0.655. The van der Waals surface area contributed by atoms with Gasteiger partial charge >= 0.3 is 0 Å². The van der Waals surface area contributed by atoms with Crippen LogP contribution in [0.4, 0.5) is 5.69 Å². The molecule has 0 saturated heterocycles. The summed E-state index contributed by atoms with van der Waals surface area (Å²) in [4.78, 5) is 12.3. The average Bonchev–Trinajstić information content (AvgIpc) is 2.88. The van der Waals surface area contributed by atoms with Crippen molar-refractivity contribution in [1.29, 1.82) is 0 Å². The number of furan rings is 1. The molecule has 0 aliphatic heterocycles. The van der Waals surface area contributed by atoms with Gasteiger partial charge in [0.1, 0.15) is 18.1 Å². The van der Waals surface area contributed by atoms with Gasteiger partial charge in [0.25, 0.3) is 5.69 Å². The number of rotatable bonds is 6. The number of nitro groups is 1. The van der Waals surface area contributed by atoms with Crippen molar-refractivity contribution in [2.24, 2.45) is 0 Å². The van der Waals surface area contributed by atoms with E-state index in [0.29, 0.717) is 35.2 Å². The molecular formula is C14H15ClN2O4. The zero-order valence-electron chi connectivity index (χ0n) is 11.5. The highest BCUT2D eigenvalue weighted by atomic mass is 35.5. The number of hydrogen-bond acceptors (Lipinski definition) is 5. The minimum absolute atomic E-state index is 0.0170. The number of halogens is 1. The van der Waals surface area contributed by atoms with E-state index >= 15 is 0 Å². The molecule has 0 atom stereocenters. The molecule has 7 heteroatoms. The van der Waals surface area contributed by atoms with Crippen LogP contribution < -0.4 is 0 Å². The third-order valence-corrected chi connectivity index (χ3v) is 3.35. The summed E-state index contributed by atoms with van der Waals surface area (Å²) in [5.74, 6) is 1.22. The van der Waals surface area contributed by atoms with E-state index in [1.165, 1.54) is 18.2 Å². The van der Waals surface area contributed by atoms with Crippen molar-refractivity contribution in [2.45, 2.75) is 19.7 Å². The van der Waals surface area contributed by atoms with Gasteiger partial charge in [-0.05, 0) is 30.8 Å². The van der Waals surface area contributed by atoms with E-state index in [2.05, 4.69) is 0 Å². The molecule has 112 valence electrons. The molecule has 1 aromatic carbocycles. The van der Waals surface area contributed by atoms with E-state index in [4.69, 9.17) is 21.1 Å². The van der Waals surface area contributed by atoms with Crippen molar-refractivity contribution in [1.82, 2.24) is 4.90 Å². The number of non-ortho nitro benzene ring substituents is 1. The zero-order chi connectivity index (χ0) is 15.4. The lowest BCUT2D eigenvalue weighted by atomic mass is 10.2. The minimum Gasteiger partial charge on any atom is -0.462 e. The molecule has 21 heavy (non-hydrogen) atoms. The van der Waals surface area contributed by atoms with Crippen molar-refractivity contribution in [3.05, 3.63) is 62.6 Å². The zero-order valence-corrected chi connectivity index (χ0v) is 12.2. The first-order valence-corrected chi connectivity index (χ1v) is 6.67. The van der Waals surface area contributed by atoms with Gasteiger partial charge in [-0.2, -0.15) is 0 Å². The highest BCUT2D eigenvalue weighted by molar-refractivity contribution is 6.31. The van der Waals surface area contributed by atoms with Crippen LogP contribution in [0.3, 0.4) is 0 Å². The van der Waals surface area contributed by atoms with Crippen molar-refractivity contribution < 1.29 is 14.4 Å². The van der Waals surface area contributed by atoms with Gasteiger partial charge in [-0.15, -0.1) is 0 Å². The van der Waals surface area contributed by atoms with Crippen molar-refractivity contribution in [2.75, 3.05) is 7.05 Å². The monoisotopic (exact) mass is 310 g/mol. The standard InChI is InChI=1S/C14H15ClN2O4/c1-16(8-12-3-4-13(9-18)21-12)7-10-6-11(17(19)20)2-5-14(10)15/h2-6,18H,7-9H2,1H3. The summed E-state index contributed by atoms with van der Waals surface area (Å²) in [5, 5.41) is 20.2. The number of aliphatic hydroxyl groups excluding tert-OH is 1. The second-order valence-electron chi connectivity index (χ2n) is 4.73. The summed E-state index contributed by atoms with van der Waals surface area (Å²) in [7, 11) is 1.86. The maximum Gasteiger partial charge on any atom is 0.269 e. The first kappa shape index (κ1) is 15.5. The van der Waals surface area contributed by atoms with Crippen molar-refractivity contribution in [3.63, 3.8) is 0 Å². The Morgan fingerprint density at radius 3 is 2.62 bits per heavy atom. The third kappa shape index (κ3) is 4.04. The molecule has 0 radical (unpaired) electrons. The van der Waals surface area contributed by atoms with E-state index in [1.807, 2.05) is 11.9 Å². The van der Waals surface area contributed by atoms with Gasteiger partial charge in [-0.1, -0.05) is 11.6 Å².